The minimum atomic E-state index is -0.259. The van der Waals surface area contributed by atoms with E-state index >= 15 is 0 Å². The van der Waals surface area contributed by atoms with Crippen LogP contribution in [0.1, 0.15) is 57.2 Å². The Morgan fingerprint density at radius 1 is 1.24 bits per heavy atom. The van der Waals surface area contributed by atoms with Gasteiger partial charge in [0.2, 0.25) is 0 Å². The number of hydrogen-bond acceptors (Lipinski definition) is 3. The Hall–Kier alpha value is -1.91. The normalized spacial score (nSPS) is 12.7. The van der Waals surface area contributed by atoms with E-state index in [1.165, 1.54) is 0 Å². The van der Waals surface area contributed by atoms with Gasteiger partial charge in [-0.15, -0.1) is 10.2 Å². The largest absolute Gasteiger partial charge is 0.347 e. The Morgan fingerprint density at radius 3 is 2.52 bits per heavy atom. The smallest absolute Gasteiger partial charge is 0.251 e. The summed E-state index contributed by atoms with van der Waals surface area (Å²) < 4.78 is 1.86. The van der Waals surface area contributed by atoms with Gasteiger partial charge in [0.25, 0.3) is 5.91 Å². The molecule has 114 valence electrons. The first-order chi connectivity index (χ1) is 9.57. The number of carbonyl (C=O) groups excluding carboxylic acids is 1. The van der Waals surface area contributed by atoms with E-state index < -0.39 is 0 Å². The van der Waals surface area contributed by atoms with Gasteiger partial charge in [-0.25, -0.2) is 0 Å². The molecule has 0 radical (unpaired) electrons. The Labute approximate surface area is 125 Å². The first kappa shape index (κ1) is 15.5. The van der Waals surface area contributed by atoms with Gasteiger partial charge in [0.05, 0.1) is 0 Å². The average molecular weight is 288 g/mol. The van der Waals surface area contributed by atoms with Gasteiger partial charge in [0.1, 0.15) is 5.82 Å². The van der Waals surface area contributed by atoms with E-state index in [1.54, 1.807) is 12.1 Å². The lowest BCUT2D eigenvalue weighted by molar-refractivity contribution is 0.0891. The first-order valence-electron chi connectivity index (χ1n) is 7.21. The summed E-state index contributed by atoms with van der Waals surface area (Å²) in [6.07, 6.45) is 2.73. The van der Waals surface area contributed by atoms with Gasteiger partial charge >= 0.3 is 0 Å². The molecule has 0 saturated heterocycles. The van der Waals surface area contributed by atoms with Crippen molar-refractivity contribution in [3.63, 3.8) is 0 Å². The summed E-state index contributed by atoms with van der Waals surface area (Å²) in [5.41, 5.74) is 1.20. The number of pyridine rings is 1. The van der Waals surface area contributed by atoms with Crippen molar-refractivity contribution >= 4 is 11.6 Å². The van der Waals surface area contributed by atoms with Crippen molar-refractivity contribution in [3.8, 4) is 0 Å². The average Bonchev–Trinajstić information content (AvgIpc) is 2.66. The molecule has 21 heavy (non-hydrogen) atoms. The third kappa shape index (κ3) is 3.80. The van der Waals surface area contributed by atoms with Crippen molar-refractivity contribution in [1.82, 2.24) is 19.9 Å². The molecule has 0 atom stereocenters. The lowest BCUT2D eigenvalue weighted by Gasteiger charge is -2.33. The number of rotatable bonds is 3. The van der Waals surface area contributed by atoms with Crippen LogP contribution in [0.5, 0.6) is 0 Å². The van der Waals surface area contributed by atoms with Crippen LogP contribution in [-0.4, -0.2) is 26.0 Å². The molecule has 0 bridgehead atoms. The third-order valence-electron chi connectivity index (χ3n) is 3.27. The maximum Gasteiger partial charge on any atom is 0.251 e. The number of carbonyl (C=O) groups is 1. The number of fused-ring (bicyclic) bond motifs is 1. The molecule has 5 nitrogen and oxygen atoms in total. The molecule has 0 saturated carbocycles. The van der Waals surface area contributed by atoms with Gasteiger partial charge in [0, 0.05) is 17.3 Å². The molecule has 1 amide bonds. The quantitative estimate of drug-likeness (QED) is 0.944. The molecule has 2 aromatic rings. The van der Waals surface area contributed by atoms with Crippen LogP contribution < -0.4 is 5.32 Å². The molecular formula is C16H24N4O. The minimum absolute atomic E-state index is 0.0765. The fraction of sp³-hybridized carbons (Fsp3) is 0.562. The van der Waals surface area contributed by atoms with Crippen LogP contribution in [0, 0.1) is 12.3 Å². The van der Waals surface area contributed by atoms with Crippen LogP contribution in [0.25, 0.3) is 5.65 Å². The third-order valence-corrected chi connectivity index (χ3v) is 3.27. The van der Waals surface area contributed by atoms with Crippen LogP contribution in [0.4, 0.5) is 0 Å². The second kappa shape index (κ2) is 5.13. The molecule has 0 aliphatic rings. The Morgan fingerprint density at radius 2 is 1.90 bits per heavy atom. The van der Waals surface area contributed by atoms with Gasteiger partial charge < -0.3 is 5.32 Å². The molecule has 0 unspecified atom stereocenters. The standard InChI is InChI=1S/C16H24N4O/c1-11-18-19-13-9-12(7-8-20(11)13)14(21)17-16(5,6)10-15(2,3)4/h7-9H,10H2,1-6H3,(H,17,21). The van der Waals surface area contributed by atoms with E-state index in [2.05, 4.69) is 50.1 Å². The summed E-state index contributed by atoms with van der Waals surface area (Å²) >= 11 is 0. The van der Waals surface area contributed by atoms with E-state index in [4.69, 9.17) is 0 Å². The van der Waals surface area contributed by atoms with E-state index in [9.17, 15) is 4.79 Å². The number of aromatic nitrogens is 3. The van der Waals surface area contributed by atoms with Gasteiger partial charge in [-0.1, -0.05) is 20.8 Å². The fourth-order valence-corrected chi connectivity index (χ4v) is 2.90. The molecule has 1 N–H and O–H groups in total. The molecule has 0 aromatic carbocycles. The van der Waals surface area contributed by atoms with Gasteiger partial charge in [0.15, 0.2) is 5.65 Å². The summed E-state index contributed by atoms with van der Waals surface area (Å²) in [5.74, 6) is 0.734. The Kier molecular flexibility index (Phi) is 3.78. The number of hydrogen-bond donors (Lipinski definition) is 1. The lowest BCUT2D eigenvalue weighted by Crippen LogP contribution is -2.45. The zero-order valence-corrected chi connectivity index (χ0v) is 13.7. The summed E-state index contributed by atoms with van der Waals surface area (Å²) in [7, 11) is 0. The molecule has 2 heterocycles. The highest BCUT2D eigenvalue weighted by atomic mass is 16.1. The summed E-state index contributed by atoms with van der Waals surface area (Å²) in [5, 5.41) is 11.2. The van der Waals surface area contributed by atoms with Crippen LogP contribution >= 0.6 is 0 Å². The number of nitrogens with zero attached hydrogens (tertiary/aromatic N) is 3. The van der Waals surface area contributed by atoms with E-state index in [1.807, 2.05) is 17.5 Å². The van der Waals surface area contributed by atoms with Crippen LogP contribution in [0.2, 0.25) is 0 Å². The zero-order valence-electron chi connectivity index (χ0n) is 13.7. The molecule has 2 rings (SSSR count). The predicted molar refractivity (Wildman–Crippen MR) is 83.3 cm³/mol. The summed E-state index contributed by atoms with van der Waals surface area (Å²) in [6.45, 7) is 12.5. The van der Waals surface area contributed by atoms with Gasteiger partial charge in [-0.3, -0.25) is 9.20 Å². The van der Waals surface area contributed by atoms with E-state index in [0.29, 0.717) is 11.2 Å². The van der Waals surface area contributed by atoms with Crippen molar-refractivity contribution in [2.24, 2.45) is 5.41 Å². The van der Waals surface area contributed by atoms with E-state index in [-0.39, 0.29) is 16.9 Å². The second-order valence-electron chi connectivity index (χ2n) is 7.47. The monoisotopic (exact) mass is 288 g/mol. The molecule has 0 aliphatic heterocycles. The number of aryl methyl sites for hydroxylation is 1. The van der Waals surface area contributed by atoms with Crippen LogP contribution in [0.3, 0.4) is 0 Å². The predicted octanol–water partition coefficient (Wildman–Crippen LogP) is 2.98. The SMILES string of the molecule is Cc1nnc2cc(C(=O)NC(C)(C)CC(C)(C)C)ccn12. The molecule has 0 spiro atoms. The molecule has 0 fully saturated rings. The first-order valence-corrected chi connectivity index (χ1v) is 7.21. The highest BCUT2D eigenvalue weighted by molar-refractivity contribution is 5.95. The maximum absolute atomic E-state index is 12.4. The van der Waals surface area contributed by atoms with Crippen molar-refractivity contribution < 1.29 is 4.79 Å². The van der Waals surface area contributed by atoms with Crippen LogP contribution in [-0.2, 0) is 0 Å². The van der Waals surface area contributed by atoms with Crippen molar-refractivity contribution in [1.29, 1.82) is 0 Å². The van der Waals surface area contributed by atoms with Crippen LogP contribution in [0.15, 0.2) is 18.3 Å². The molecule has 5 heteroatoms. The summed E-state index contributed by atoms with van der Waals surface area (Å²) in [6, 6.07) is 3.56. The number of amides is 1. The Balaban J connectivity index is 2.18. The number of nitrogens with one attached hydrogen (secondary N) is 1. The fourth-order valence-electron chi connectivity index (χ4n) is 2.90. The summed E-state index contributed by atoms with van der Waals surface area (Å²) in [4.78, 5) is 12.4. The topological polar surface area (TPSA) is 59.3 Å². The highest BCUT2D eigenvalue weighted by Crippen LogP contribution is 2.27. The van der Waals surface area contributed by atoms with Crippen molar-refractivity contribution in [2.75, 3.05) is 0 Å². The zero-order chi connectivity index (χ0) is 15.8. The van der Waals surface area contributed by atoms with Crippen molar-refractivity contribution in [2.45, 2.75) is 53.5 Å². The van der Waals surface area contributed by atoms with E-state index in [0.717, 1.165) is 12.2 Å². The minimum Gasteiger partial charge on any atom is -0.347 e. The lowest BCUT2D eigenvalue weighted by atomic mass is 9.81. The Bertz CT molecular complexity index is 664. The molecule has 2 aromatic heterocycles. The maximum atomic E-state index is 12.4. The van der Waals surface area contributed by atoms with Gasteiger partial charge in [-0.05, 0) is 44.7 Å². The molecule has 0 aliphatic carbocycles. The highest BCUT2D eigenvalue weighted by Gasteiger charge is 2.27. The molecular weight excluding hydrogens is 264 g/mol. The van der Waals surface area contributed by atoms with Crippen molar-refractivity contribution in [3.05, 3.63) is 29.7 Å². The van der Waals surface area contributed by atoms with Gasteiger partial charge in [-0.2, -0.15) is 0 Å². The second-order valence-corrected chi connectivity index (χ2v) is 7.47.